The zero-order valence-corrected chi connectivity index (χ0v) is 13.7. The fourth-order valence-corrected chi connectivity index (χ4v) is 2.76. The molecule has 0 spiro atoms. The minimum Gasteiger partial charge on any atom is -0.478 e. The summed E-state index contributed by atoms with van der Waals surface area (Å²) in [5.41, 5.74) is 0.326. The number of benzene rings is 1. The molecule has 0 saturated heterocycles. The Labute approximate surface area is 130 Å². The molecule has 22 heavy (non-hydrogen) atoms. The molecule has 1 atom stereocenters. The molecule has 3 N–H and O–H groups in total. The number of anilines is 1. The third-order valence-electron chi connectivity index (χ3n) is 3.14. The normalized spacial score (nSPS) is 12.9. The number of nitrogens with one attached hydrogen (secondary N) is 2. The molecule has 8 heteroatoms. The Hall–Kier alpha value is -1.64. The van der Waals surface area contributed by atoms with Crippen molar-refractivity contribution in [2.24, 2.45) is 0 Å². The Bertz CT molecular complexity index is 616. The van der Waals surface area contributed by atoms with Crippen LogP contribution in [0.15, 0.2) is 23.1 Å². The highest BCUT2D eigenvalue weighted by atomic mass is 32.2. The third kappa shape index (κ3) is 4.97. The van der Waals surface area contributed by atoms with Crippen molar-refractivity contribution in [3.05, 3.63) is 23.8 Å². The summed E-state index contributed by atoms with van der Waals surface area (Å²) >= 11 is 0. The van der Waals surface area contributed by atoms with Crippen LogP contribution >= 0.6 is 0 Å². The van der Waals surface area contributed by atoms with E-state index in [0.29, 0.717) is 5.69 Å². The first-order chi connectivity index (χ1) is 10.3. The molecule has 0 radical (unpaired) electrons. The molecule has 0 fully saturated rings. The van der Waals surface area contributed by atoms with Crippen LogP contribution in [0.4, 0.5) is 5.69 Å². The number of carboxylic acids is 1. The van der Waals surface area contributed by atoms with E-state index in [0.717, 1.165) is 12.5 Å². The summed E-state index contributed by atoms with van der Waals surface area (Å²) in [4.78, 5) is 11.3. The number of aromatic carboxylic acids is 1. The number of methoxy groups -OCH3 is 1. The van der Waals surface area contributed by atoms with Crippen LogP contribution in [0.2, 0.25) is 0 Å². The maximum Gasteiger partial charge on any atom is 0.337 e. The molecule has 0 aliphatic rings. The Morgan fingerprint density at radius 2 is 2.09 bits per heavy atom. The smallest absolute Gasteiger partial charge is 0.337 e. The zero-order valence-electron chi connectivity index (χ0n) is 12.9. The summed E-state index contributed by atoms with van der Waals surface area (Å²) in [5, 5.41) is 12.3. The van der Waals surface area contributed by atoms with Crippen molar-refractivity contribution in [3.63, 3.8) is 0 Å². The molecule has 0 aliphatic heterocycles. The summed E-state index contributed by atoms with van der Waals surface area (Å²) < 4.78 is 31.3. The quantitative estimate of drug-likeness (QED) is 0.593. The van der Waals surface area contributed by atoms with Gasteiger partial charge < -0.3 is 15.2 Å². The second kappa shape index (κ2) is 8.11. The number of hydrogen-bond donors (Lipinski definition) is 3. The van der Waals surface area contributed by atoms with Crippen LogP contribution in [-0.2, 0) is 14.8 Å². The van der Waals surface area contributed by atoms with E-state index in [9.17, 15) is 18.3 Å². The maximum atomic E-state index is 12.1. The lowest BCUT2D eigenvalue weighted by Crippen LogP contribution is -2.27. The van der Waals surface area contributed by atoms with Gasteiger partial charge in [-0.2, -0.15) is 0 Å². The molecule has 0 heterocycles. The third-order valence-corrected chi connectivity index (χ3v) is 4.60. The van der Waals surface area contributed by atoms with Crippen LogP contribution in [0, 0.1) is 0 Å². The molecule has 0 saturated carbocycles. The van der Waals surface area contributed by atoms with Gasteiger partial charge in [-0.15, -0.1) is 0 Å². The van der Waals surface area contributed by atoms with Gasteiger partial charge in [0.15, 0.2) is 0 Å². The van der Waals surface area contributed by atoms with E-state index >= 15 is 0 Å². The molecule has 0 aliphatic carbocycles. The molecule has 1 aromatic rings. The molecule has 0 aromatic heterocycles. The van der Waals surface area contributed by atoms with Gasteiger partial charge >= 0.3 is 5.97 Å². The van der Waals surface area contributed by atoms with Gasteiger partial charge in [0.2, 0.25) is 10.0 Å². The lowest BCUT2D eigenvalue weighted by atomic mass is 10.1. The van der Waals surface area contributed by atoms with Gasteiger partial charge in [-0.05, 0) is 31.5 Å². The van der Waals surface area contributed by atoms with Crippen LogP contribution in [-0.4, -0.2) is 45.8 Å². The highest BCUT2D eigenvalue weighted by Crippen LogP contribution is 2.22. The average molecular weight is 330 g/mol. The van der Waals surface area contributed by atoms with E-state index in [1.807, 2.05) is 13.8 Å². The van der Waals surface area contributed by atoms with Gasteiger partial charge in [-0.1, -0.05) is 6.92 Å². The predicted molar refractivity (Wildman–Crippen MR) is 83.8 cm³/mol. The van der Waals surface area contributed by atoms with E-state index < -0.39 is 16.0 Å². The number of carboxylic acid groups (broad SMARTS) is 1. The summed E-state index contributed by atoms with van der Waals surface area (Å²) in [6, 6.07) is 4.09. The van der Waals surface area contributed by atoms with Crippen molar-refractivity contribution in [2.75, 3.05) is 25.6 Å². The molecule has 7 nitrogen and oxygen atoms in total. The Morgan fingerprint density at radius 3 is 2.64 bits per heavy atom. The largest absolute Gasteiger partial charge is 0.478 e. The lowest BCUT2D eigenvalue weighted by Gasteiger charge is -2.16. The van der Waals surface area contributed by atoms with Crippen LogP contribution in [0.1, 0.15) is 30.6 Å². The van der Waals surface area contributed by atoms with E-state index in [1.54, 1.807) is 0 Å². The Balaban J connectivity index is 3.09. The average Bonchev–Trinajstić information content (AvgIpc) is 2.47. The van der Waals surface area contributed by atoms with Crippen LogP contribution in [0.5, 0.6) is 0 Å². The van der Waals surface area contributed by atoms with Crippen LogP contribution in [0.25, 0.3) is 0 Å². The van der Waals surface area contributed by atoms with E-state index in [1.165, 1.54) is 19.2 Å². The fourth-order valence-electron chi connectivity index (χ4n) is 1.72. The highest BCUT2D eigenvalue weighted by Gasteiger charge is 2.19. The maximum absolute atomic E-state index is 12.1. The van der Waals surface area contributed by atoms with Crippen molar-refractivity contribution >= 4 is 21.7 Å². The zero-order chi connectivity index (χ0) is 16.8. The molecule has 0 amide bonds. The molecule has 0 bridgehead atoms. The molecule has 124 valence electrons. The lowest BCUT2D eigenvalue weighted by molar-refractivity contribution is 0.0697. The van der Waals surface area contributed by atoms with Crippen LogP contribution < -0.4 is 10.0 Å². The minimum atomic E-state index is -3.76. The predicted octanol–water partition coefficient (Wildman–Crippen LogP) is 1.52. The van der Waals surface area contributed by atoms with Crippen molar-refractivity contribution in [1.82, 2.24) is 4.72 Å². The monoisotopic (exact) mass is 330 g/mol. The van der Waals surface area contributed by atoms with Crippen LogP contribution in [0.3, 0.4) is 0 Å². The number of rotatable bonds is 9. The molecular formula is C14H22N2O5S. The summed E-state index contributed by atoms with van der Waals surface area (Å²) in [6.45, 7) is 4.24. The second-order valence-corrected chi connectivity index (χ2v) is 6.62. The summed E-state index contributed by atoms with van der Waals surface area (Å²) in [6.07, 6.45) is 0.817. The minimum absolute atomic E-state index is 0.0742. The number of hydrogen-bond acceptors (Lipinski definition) is 5. The van der Waals surface area contributed by atoms with Gasteiger partial charge in [0.05, 0.1) is 17.1 Å². The molecule has 0 unspecified atom stereocenters. The van der Waals surface area contributed by atoms with Crippen molar-refractivity contribution in [3.8, 4) is 0 Å². The first-order valence-electron chi connectivity index (χ1n) is 6.94. The number of ether oxygens (including phenoxy) is 1. The standard InChI is InChI=1S/C14H22N2O5S/c1-4-10(2)16-13-6-5-11(9-12(13)14(17)18)22(19,20)15-7-8-21-3/h5-6,9-10,15-16H,4,7-8H2,1-3H3,(H,17,18)/t10-/m1/s1. The van der Waals surface area contributed by atoms with Crippen molar-refractivity contribution in [1.29, 1.82) is 0 Å². The SMILES string of the molecule is CC[C@@H](C)Nc1ccc(S(=O)(=O)NCCOC)cc1C(=O)O. The highest BCUT2D eigenvalue weighted by molar-refractivity contribution is 7.89. The second-order valence-electron chi connectivity index (χ2n) is 4.86. The molecular weight excluding hydrogens is 308 g/mol. The van der Waals surface area contributed by atoms with Gasteiger partial charge in [-0.3, -0.25) is 0 Å². The van der Waals surface area contributed by atoms with E-state index in [4.69, 9.17) is 4.74 Å². The fraction of sp³-hybridized carbons (Fsp3) is 0.500. The molecule has 1 rings (SSSR count). The van der Waals surface area contributed by atoms with Gasteiger partial charge in [0.1, 0.15) is 0 Å². The van der Waals surface area contributed by atoms with Crippen molar-refractivity contribution < 1.29 is 23.1 Å². The van der Waals surface area contributed by atoms with E-state index in [-0.39, 0.29) is 29.7 Å². The van der Waals surface area contributed by atoms with Gasteiger partial charge in [0.25, 0.3) is 0 Å². The summed E-state index contributed by atoms with van der Waals surface area (Å²) in [5.74, 6) is -1.18. The van der Waals surface area contributed by atoms with Gasteiger partial charge in [-0.25, -0.2) is 17.9 Å². The first-order valence-corrected chi connectivity index (χ1v) is 8.42. The number of sulfonamides is 1. The molecule has 1 aromatic carbocycles. The van der Waals surface area contributed by atoms with Crippen molar-refractivity contribution in [2.45, 2.75) is 31.2 Å². The van der Waals surface area contributed by atoms with E-state index in [2.05, 4.69) is 10.0 Å². The summed E-state index contributed by atoms with van der Waals surface area (Å²) in [7, 11) is -2.30. The number of carbonyl (C=O) groups is 1. The van der Waals surface area contributed by atoms with Gasteiger partial charge in [0, 0.05) is 25.4 Å². The first kappa shape index (κ1) is 18.4. The Morgan fingerprint density at radius 1 is 1.41 bits per heavy atom. The Kier molecular flexibility index (Phi) is 6.79. The topological polar surface area (TPSA) is 105 Å².